The van der Waals surface area contributed by atoms with E-state index in [9.17, 15) is 25.0 Å². The number of anilines is 1. The van der Waals surface area contributed by atoms with Gasteiger partial charge in [-0.15, -0.1) is 0 Å². The van der Waals surface area contributed by atoms with Crippen molar-refractivity contribution in [3.8, 4) is 11.5 Å². The summed E-state index contributed by atoms with van der Waals surface area (Å²) in [6, 6.07) is 28.8. The Balaban J connectivity index is 1.42. The average Bonchev–Trinajstić information content (AvgIpc) is 3.15. The number of carbonyl (C=O) groups excluding carboxylic acids is 1. The second kappa shape index (κ2) is 13.6. The Kier molecular flexibility index (Phi) is 9.21. The van der Waals surface area contributed by atoms with Crippen LogP contribution in [-0.4, -0.2) is 65.9 Å². The summed E-state index contributed by atoms with van der Waals surface area (Å²) in [4.78, 5) is 43.5. The number of carbonyl (C=O) groups is 1. The lowest BCUT2D eigenvalue weighted by Gasteiger charge is -2.30. The van der Waals surface area contributed by atoms with Gasteiger partial charge in [-0.1, -0.05) is 48.5 Å². The Morgan fingerprint density at radius 1 is 0.750 bits per heavy atom. The van der Waals surface area contributed by atoms with E-state index < -0.39 is 16.0 Å². The fourth-order valence-corrected chi connectivity index (χ4v) is 4.82. The maximum absolute atomic E-state index is 14.0. The zero-order valence-electron chi connectivity index (χ0n) is 23.8. The third-order valence-electron chi connectivity index (χ3n) is 7.11. The number of non-ortho nitro benzene ring substituents is 2. The maximum atomic E-state index is 14.0. The molecule has 4 aromatic carbocycles. The molecule has 1 aliphatic heterocycles. The molecule has 12 heteroatoms. The van der Waals surface area contributed by atoms with Crippen molar-refractivity contribution in [2.45, 2.75) is 6.17 Å². The van der Waals surface area contributed by atoms with Crippen LogP contribution in [0.3, 0.4) is 0 Å². The quantitative estimate of drug-likeness (QED) is 0.163. The molecule has 1 atom stereocenters. The minimum absolute atomic E-state index is 0.0446. The smallest absolute Gasteiger partial charge is 0.269 e. The molecule has 0 aliphatic carbocycles. The van der Waals surface area contributed by atoms with Crippen LogP contribution < -0.4 is 14.4 Å². The van der Waals surface area contributed by atoms with Crippen LogP contribution in [0.25, 0.3) is 0 Å². The second-order valence-corrected chi connectivity index (χ2v) is 9.87. The average molecular weight is 596 g/mol. The van der Waals surface area contributed by atoms with E-state index in [2.05, 4.69) is 0 Å². The number of likely N-dealkylation sites (N-methyl/N-ethyl adjacent to an activating group) is 1. The third-order valence-corrected chi connectivity index (χ3v) is 7.11. The van der Waals surface area contributed by atoms with Crippen LogP contribution in [0.15, 0.2) is 108 Å². The van der Waals surface area contributed by atoms with Gasteiger partial charge in [0.25, 0.3) is 17.3 Å². The van der Waals surface area contributed by atoms with Crippen LogP contribution >= 0.6 is 0 Å². The van der Waals surface area contributed by atoms with Crippen LogP contribution in [0.1, 0.15) is 11.1 Å². The lowest BCUT2D eigenvalue weighted by molar-refractivity contribution is -0.385. The first kappa shape index (κ1) is 29.9. The molecule has 5 rings (SSSR count). The molecule has 44 heavy (non-hydrogen) atoms. The summed E-state index contributed by atoms with van der Waals surface area (Å²) in [7, 11) is 1.72. The van der Waals surface area contributed by atoms with Crippen LogP contribution in [-0.2, 0) is 4.79 Å². The van der Waals surface area contributed by atoms with Crippen LogP contribution in [0.4, 0.5) is 17.1 Å². The van der Waals surface area contributed by atoms with Gasteiger partial charge in [-0.05, 0) is 30.3 Å². The molecular formula is C32H29N5O7. The Morgan fingerprint density at radius 2 is 1.25 bits per heavy atom. The number of hydrogen-bond acceptors (Lipinski definition) is 9. The highest BCUT2D eigenvalue weighted by atomic mass is 16.6. The maximum Gasteiger partial charge on any atom is 0.269 e. The monoisotopic (exact) mass is 595 g/mol. The number of aliphatic imine (C=N–C) groups is 1. The minimum Gasteiger partial charge on any atom is -0.492 e. The fourth-order valence-electron chi connectivity index (χ4n) is 4.82. The van der Waals surface area contributed by atoms with Gasteiger partial charge < -0.3 is 14.4 Å². The predicted molar refractivity (Wildman–Crippen MR) is 164 cm³/mol. The van der Waals surface area contributed by atoms with Crippen molar-refractivity contribution < 1.29 is 24.1 Å². The summed E-state index contributed by atoms with van der Waals surface area (Å²) in [5.41, 5.74) is 2.99. The molecule has 0 bridgehead atoms. The molecule has 1 aliphatic rings. The molecular weight excluding hydrogens is 566 g/mol. The normalized spacial score (nSPS) is 14.4. The van der Waals surface area contributed by atoms with Gasteiger partial charge in [-0.2, -0.15) is 0 Å². The molecule has 0 saturated carbocycles. The molecule has 0 fully saturated rings. The van der Waals surface area contributed by atoms with Gasteiger partial charge in [-0.25, -0.2) is 0 Å². The van der Waals surface area contributed by atoms with E-state index in [0.717, 1.165) is 16.8 Å². The Hall–Kier alpha value is -5.62. The summed E-state index contributed by atoms with van der Waals surface area (Å²) >= 11 is 0. The summed E-state index contributed by atoms with van der Waals surface area (Å²) in [6.07, 6.45) is -0.927. The SMILES string of the molecule is CN1C(=O)[C@@H](N(CCOc2ccc([N+](=O)[O-])cc2)CCOc2ccc([N+](=O)[O-])cc2)N=C(c2ccccc2)c2ccccc21. The van der Waals surface area contributed by atoms with E-state index in [1.807, 2.05) is 59.5 Å². The first-order valence-electron chi connectivity index (χ1n) is 13.8. The molecule has 0 radical (unpaired) electrons. The zero-order valence-corrected chi connectivity index (χ0v) is 23.8. The first-order chi connectivity index (χ1) is 21.3. The van der Waals surface area contributed by atoms with E-state index in [4.69, 9.17) is 14.5 Å². The largest absolute Gasteiger partial charge is 0.492 e. The number of amides is 1. The van der Waals surface area contributed by atoms with Gasteiger partial charge >= 0.3 is 0 Å². The molecule has 0 aromatic heterocycles. The molecule has 224 valence electrons. The molecule has 1 heterocycles. The van der Waals surface area contributed by atoms with E-state index >= 15 is 0 Å². The van der Waals surface area contributed by atoms with Gasteiger partial charge in [-0.3, -0.25) is 34.9 Å². The van der Waals surface area contributed by atoms with Gasteiger partial charge in [0, 0.05) is 55.5 Å². The number of nitro groups is 2. The molecule has 0 saturated heterocycles. The topological polar surface area (TPSA) is 141 Å². The Labute approximate surface area is 253 Å². The van der Waals surface area contributed by atoms with Crippen molar-refractivity contribution in [2.75, 3.05) is 38.3 Å². The number of nitrogens with zero attached hydrogens (tertiary/aromatic N) is 5. The van der Waals surface area contributed by atoms with Gasteiger partial charge in [0.2, 0.25) is 0 Å². The molecule has 4 aromatic rings. The van der Waals surface area contributed by atoms with Crippen molar-refractivity contribution in [1.82, 2.24) is 4.90 Å². The standard InChI is InChI=1S/C32H29N5O7/c1-34-29-10-6-5-9-28(29)30(23-7-3-2-4-8-23)33-31(32(34)38)35(19-21-43-26-15-11-24(12-16-26)36(39)40)20-22-44-27-17-13-25(14-18-27)37(41)42/h2-18,31H,19-22H2,1H3/t31-/m1/s1. The lowest BCUT2D eigenvalue weighted by Crippen LogP contribution is -2.49. The fraction of sp³-hybridized carbons (Fsp3) is 0.188. The summed E-state index contributed by atoms with van der Waals surface area (Å²) in [5.74, 6) is 0.653. The predicted octanol–water partition coefficient (Wildman–Crippen LogP) is 5.10. The lowest BCUT2D eigenvalue weighted by atomic mass is 10.0. The van der Waals surface area contributed by atoms with Gasteiger partial charge in [0.1, 0.15) is 24.7 Å². The summed E-state index contributed by atoms with van der Waals surface area (Å²) < 4.78 is 11.8. The minimum atomic E-state index is -0.927. The number of benzene rings is 4. The Morgan fingerprint density at radius 3 is 1.77 bits per heavy atom. The Bertz CT molecular complexity index is 1600. The van der Waals surface area contributed by atoms with E-state index in [-0.39, 0.29) is 43.6 Å². The highest BCUT2D eigenvalue weighted by Crippen LogP contribution is 2.29. The molecule has 0 spiro atoms. The van der Waals surface area contributed by atoms with E-state index in [1.165, 1.54) is 48.5 Å². The zero-order chi connectivity index (χ0) is 31.1. The number of fused-ring (bicyclic) bond motifs is 1. The number of benzodiazepines with no additional fused rings is 1. The van der Waals surface area contributed by atoms with E-state index in [1.54, 1.807) is 11.9 Å². The number of ether oxygens (including phenoxy) is 2. The van der Waals surface area contributed by atoms with E-state index in [0.29, 0.717) is 17.2 Å². The van der Waals surface area contributed by atoms with Crippen LogP contribution in [0, 0.1) is 20.2 Å². The van der Waals surface area contributed by atoms with Gasteiger partial charge in [0.15, 0.2) is 6.17 Å². The molecule has 0 N–H and O–H groups in total. The molecule has 1 amide bonds. The highest BCUT2D eigenvalue weighted by molar-refractivity contribution is 6.20. The summed E-state index contributed by atoms with van der Waals surface area (Å²) in [6.45, 7) is 0.859. The number of rotatable bonds is 12. The second-order valence-electron chi connectivity index (χ2n) is 9.87. The number of para-hydroxylation sites is 1. The third kappa shape index (κ3) is 6.88. The van der Waals surface area contributed by atoms with Crippen molar-refractivity contribution in [1.29, 1.82) is 0 Å². The van der Waals surface area contributed by atoms with Crippen molar-refractivity contribution in [3.05, 3.63) is 134 Å². The van der Waals surface area contributed by atoms with Crippen molar-refractivity contribution in [2.24, 2.45) is 4.99 Å². The van der Waals surface area contributed by atoms with Gasteiger partial charge in [0.05, 0.1) is 21.2 Å². The number of nitro benzene ring substituents is 2. The molecule has 12 nitrogen and oxygen atoms in total. The summed E-state index contributed by atoms with van der Waals surface area (Å²) in [5, 5.41) is 22.0. The first-order valence-corrected chi connectivity index (χ1v) is 13.8. The van der Waals surface area contributed by atoms with Crippen LogP contribution in [0.2, 0.25) is 0 Å². The highest BCUT2D eigenvalue weighted by Gasteiger charge is 2.34. The molecule has 0 unspecified atom stereocenters. The van der Waals surface area contributed by atoms with Crippen molar-refractivity contribution >= 4 is 28.7 Å². The van der Waals surface area contributed by atoms with Crippen molar-refractivity contribution in [3.63, 3.8) is 0 Å². The number of hydrogen-bond donors (Lipinski definition) is 0. The van der Waals surface area contributed by atoms with Crippen LogP contribution in [0.5, 0.6) is 11.5 Å².